The molecule has 0 aromatic heterocycles. The van der Waals surface area contributed by atoms with Gasteiger partial charge in [-0.25, -0.2) is 0 Å². The predicted molar refractivity (Wildman–Crippen MR) is 96.0 cm³/mol. The summed E-state index contributed by atoms with van der Waals surface area (Å²) in [5, 5.41) is 9.99. The highest BCUT2D eigenvalue weighted by Crippen LogP contribution is 2.41. The summed E-state index contributed by atoms with van der Waals surface area (Å²) in [6, 6.07) is 6.60. The molecule has 0 saturated carbocycles. The third-order valence-electron chi connectivity index (χ3n) is 6.21. The number of likely N-dealkylation sites (N-methyl/N-ethyl adjacent to an activating group) is 1. The second-order valence-electron chi connectivity index (χ2n) is 7.82. The maximum atomic E-state index is 12.8. The largest absolute Gasteiger partial charge is 0.396 e. The Balaban J connectivity index is 1.72. The number of carbonyl (C=O) groups is 1. The first-order chi connectivity index (χ1) is 11.4. The third-order valence-corrected chi connectivity index (χ3v) is 6.21. The van der Waals surface area contributed by atoms with Crippen molar-refractivity contribution in [2.75, 3.05) is 33.3 Å². The molecule has 1 amide bonds. The van der Waals surface area contributed by atoms with E-state index in [9.17, 15) is 9.90 Å². The highest BCUT2D eigenvalue weighted by molar-refractivity contribution is 5.79. The van der Waals surface area contributed by atoms with Crippen molar-refractivity contribution in [3.05, 3.63) is 34.9 Å². The van der Waals surface area contributed by atoms with E-state index in [2.05, 4.69) is 44.0 Å². The molecule has 2 atom stereocenters. The molecule has 2 saturated heterocycles. The van der Waals surface area contributed by atoms with Gasteiger partial charge in [0, 0.05) is 24.5 Å². The van der Waals surface area contributed by atoms with Gasteiger partial charge in [0.25, 0.3) is 0 Å². The van der Waals surface area contributed by atoms with Gasteiger partial charge >= 0.3 is 0 Å². The van der Waals surface area contributed by atoms with E-state index in [1.807, 2.05) is 4.90 Å². The van der Waals surface area contributed by atoms with Gasteiger partial charge in [0.05, 0.1) is 13.0 Å². The molecule has 1 aromatic rings. The van der Waals surface area contributed by atoms with E-state index >= 15 is 0 Å². The first-order valence-electron chi connectivity index (χ1n) is 9.10. The standard InChI is InChI=1S/C20H30N2O2/c1-15-5-6-16(2)17(11-15)12-19(24)22-10-8-20(14-23)7-4-9-21(3)18(20)13-22/h5-6,11,18,23H,4,7-10,12-14H2,1-3H3/t18-,20-/m1/s1. The van der Waals surface area contributed by atoms with Gasteiger partial charge in [-0.1, -0.05) is 23.8 Å². The Morgan fingerprint density at radius 1 is 1.29 bits per heavy atom. The van der Waals surface area contributed by atoms with Crippen LogP contribution in [0.15, 0.2) is 18.2 Å². The van der Waals surface area contributed by atoms with E-state index in [4.69, 9.17) is 0 Å². The van der Waals surface area contributed by atoms with Crippen molar-refractivity contribution in [1.82, 2.24) is 9.80 Å². The van der Waals surface area contributed by atoms with Crippen molar-refractivity contribution in [3.63, 3.8) is 0 Å². The summed E-state index contributed by atoms with van der Waals surface area (Å²) in [6.07, 6.45) is 3.62. The second kappa shape index (κ2) is 6.85. The molecular formula is C20H30N2O2. The first-order valence-corrected chi connectivity index (χ1v) is 9.10. The molecule has 2 aliphatic heterocycles. The van der Waals surface area contributed by atoms with Gasteiger partial charge in [0.15, 0.2) is 0 Å². The fourth-order valence-electron chi connectivity index (χ4n) is 4.51. The Bertz CT molecular complexity index is 616. The van der Waals surface area contributed by atoms with Crippen LogP contribution in [-0.2, 0) is 11.2 Å². The minimum atomic E-state index is -0.0109. The first kappa shape index (κ1) is 17.4. The van der Waals surface area contributed by atoms with E-state index in [0.717, 1.165) is 44.5 Å². The van der Waals surface area contributed by atoms with E-state index in [-0.39, 0.29) is 24.0 Å². The number of hydrogen-bond donors (Lipinski definition) is 1. The van der Waals surface area contributed by atoms with Crippen LogP contribution in [0, 0.1) is 19.3 Å². The van der Waals surface area contributed by atoms with Crippen LogP contribution in [0.25, 0.3) is 0 Å². The van der Waals surface area contributed by atoms with Crippen LogP contribution in [0.4, 0.5) is 0 Å². The Labute approximate surface area is 145 Å². The number of benzene rings is 1. The van der Waals surface area contributed by atoms with Crippen molar-refractivity contribution in [1.29, 1.82) is 0 Å². The lowest BCUT2D eigenvalue weighted by Crippen LogP contribution is -2.62. The molecule has 1 N–H and O–H groups in total. The molecule has 4 nitrogen and oxygen atoms in total. The number of nitrogens with zero attached hydrogens (tertiary/aromatic N) is 2. The summed E-state index contributed by atoms with van der Waals surface area (Å²) in [4.78, 5) is 17.2. The lowest BCUT2D eigenvalue weighted by molar-refractivity contribution is -0.139. The number of hydrogen-bond acceptors (Lipinski definition) is 3. The Hall–Kier alpha value is -1.39. The summed E-state index contributed by atoms with van der Waals surface area (Å²) in [5.74, 6) is 0.217. The number of fused-ring (bicyclic) bond motifs is 1. The zero-order valence-corrected chi connectivity index (χ0v) is 15.2. The van der Waals surface area contributed by atoms with Crippen molar-refractivity contribution in [3.8, 4) is 0 Å². The summed E-state index contributed by atoms with van der Waals surface area (Å²) < 4.78 is 0. The molecule has 0 aliphatic carbocycles. The Morgan fingerprint density at radius 3 is 2.83 bits per heavy atom. The molecule has 1 aromatic carbocycles. The van der Waals surface area contributed by atoms with Crippen LogP contribution in [0.1, 0.15) is 36.0 Å². The van der Waals surface area contributed by atoms with Crippen molar-refractivity contribution in [2.45, 2.75) is 45.6 Å². The number of aliphatic hydroxyl groups is 1. The number of likely N-dealkylation sites (tertiary alicyclic amines) is 2. The molecule has 2 fully saturated rings. The zero-order chi connectivity index (χ0) is 17.3. The van der Waals surface area contributed by atoms with Crippen LogP contribution in [-0.4, -0.2) is 60.1 Å². The van der Waals surface area contributed by atoms with Gasteiger partial charge in [0.1, 0.15) is 0 Å². The fraction of sp³-hybridized carbons (Fsp3) is 0.650. The number of aryl methyl sites for hydroxylation is 2. The topological polar surface area (TPSA) is 43.8 Å². The predicted octanol–water partition coefficient (Wildman–Crippen LogP) is 2.15. The van der Waals surface area contributed by atoms with Crippen LogP contribution in [0.2, 0.25) is 0 Å². The SMILES string of the molecule is Cc1ccc(C)c(CC(=O)N2CC[C@@]3(CO)CCCN(C)[C@@H]3C2)c1. The van der Waals surface area contributed by atoms with E-state index < -0.39 is 0 Å². The zero-order valence-electron chi connectivity index (χ0n) is 15.2. The highest BCUT2D eigenvalue weighted by atomic mass is 16.3. The summed E-state index contributed by atoms with van der Waals surface area (Å²) in [5.41, 5.74) is 3.51. The molecule has 4 heteroatoms. The quantitative estimate of drug-likeness (QED) is 0.923. The monoisotopic (exact) mass is 330 g/mol. The second-order valence-corrected chi connectivity index (χ2v) is 7.82. The molecule has 0 radical (unpaired) electrons. The Morgan fingerprint density at radius 2 is 2.08 bits per heavy atom. The Kier molecular flexibility index (Phi) is 4.97. The molecule has 2 aliphatic rings. The average Bonchev–Trinajstić information content (AvgIpc) is 2.58. The number of rotatable bonds is 3. The lowest BCUT2D eigenvalue weighted by atomic mass is 9.69. The number of amides is 1. The maximum Gasteiger partial charge on any atom is 0.227 e. The molecule has 0 spiro atoms. The number of carbonyl (C=O) groups excluding carboxylic acids is 1. The van der Waals surface area contributed by atoms with Gasteiger partial charge in [-0.3, -0.25) is 4.79 Å². The molecule has 2 heterocycles. The minimum Gasteiger partial charge on any atom is -0.396 e. The molecule has 3 rings (SSSR count). The highest BCUT2D eigenvalue weighted by Gasteiger charge is 2.47. The van der Waals surface area contributed by atoms with E-state index in [1.165, 1.54) is 11.1 Å². The molecule has 0 unspecified atom stereocenters. The maximum absolute atomic E-state index is 12.8. The molecular weight excluding hydrogens is 300 g/mol. The van der Waals surface area contributed by atoms with Gasteiger partial charge in [0.2, 0.25) is 5.91 Å². The average molecular weight is 330 g/mol. The van der Waals surface area contributed by atoms with Crippen molar-refractivity contribution < 1.29 is 9.90 Å². The summed E-state index contributed by atoms with van der Waals surface area (Å²) in [6.45, 7) is 6.96. The summed E-state index contributed by atoms with van der Waals surface area (Å²) in [7, 11) is 2.13. The van der Waals surface area contributed by atoms with Crippen LogP contribution < -0.4 is 0 Å². The summed E-state index contributed by atoms with van der Waals surface area (Å²) >= 11 is 0. The third kappa shape index (κ3) is 3.22. The van der Waals surface area contributed by atoms with Crippen molar-refractivity contribution in [2.24, 2.45) is 5.41 Å². The van der Waals surface area contributed by atoms with Crippen LogP contribution in [0.5, 0.6) is 0 Å². The van der Waals surface area contributed by atoms with Gasteiger partial charge in [-0.2, -0.15) is 0 Å². The normalized spacial score (nSPS) is 27.8. The smallest absolute Gasteiger partial charge is 0.227 e. The van der Waals surface area contributed by atoms with Crippen LogP contribution in [0.3, 0.4) is 0 Å². The number of aliphatic hydroxyl groups excluding tert-OH is 1. The van der Waals surface area contributed by atoms with Gasteiger partial charge in [-0.15, -0.1) is 0 Å². The van der Waals surface area contributed by atoms with E-state index in [1.54, 1.807) is 0 Å². The molecule has 24 heavy (non-hydrogen) atoms. The number of piperidine rings is 2. The van der Waals surface area contributed by atoms with Crippen LogP contribution >= 0.6 is 0 Å². The van der Waals surface area contributed by atoms with Gasteiger partial charge < -0.3 is 14.9 Å². The molecule has 132 valence electrons. The molecule has 0 bridgehead atoms. The van der Waals surface area contributed by atoms with Gasteiger partial charge in [-0.05, 0) is 57.8 Å². The van der Waals surface area contributed by atoms with Crippen molar-refractivity contribution >= 4 is 5.91 Å². The minimum absolute atomic E-state index is 0.0109. The van der Waals surface area contributed by atoms with E-state index in [0.29, 0.717) is 6.42 Å². The fourth-order valence-corrected chi connectivity index (χ4v) is 4.51. The lowest BCUT2D eigenvalue weighted by Gasteiger charge is -2.53.